The number of phenolic OH excluding ortho intramolecular Hbond substituents is 1. The number of hydrogen-bond donors (Lipinski definition) is 2. The quantitative estimate of drug-likeness (QED) is 0.665. The summed E-state index contributed by atoms with van der Waals surface area (Å²) in [6.45, 7) is 1.83. The van der Waals surface area contributed by atoms with Crippen LogP contribution in [0.5, 0.6) is 5.75 Å². The smallest absolute Gasteiger partial charge is 0.271 e. The summed E-state index contributed by atoms with van der Waals surface area (Å²) in [6, 6.07) is 9.86. The molecule has 1 amide bonds. The highest BCUT2D eigenvalue weighted by molar-refractivity contribution is 9.11. The monoisotopic (exact) mass is 338 g/mol. The molecular weight excluding hydrogens is 328 g/mol. The van der Waals surface area contributed by atoms with Crippen LogP contribution in [0.2, 0.25) is 0 Å². The van der Waals surface area contributed by atoms with Gasteiger partial charge in [-0.15, -0.1) is 11.3 Å². The first kappa shape index (κ1) is 13.8. The van der Waals surface area contributed by atoms with Crippen molar-refractivity contribution in [2.45, 2.75) is 6.92 Å². The van der Waals surface area contributed by atoms with Crippen molar-refractivity contribution in [1.29, 1.82) is 0 Å². The van der Waals surface area contributed by atoms with E-state index in [0.29, 0.717) is 5.56 Å². The third kappa shape index (κ3) is 3.65. The van der Waals surface area contributed by atoms with Gasteiger partial charge in [0.15, 0.2) is 0 Å². The third-order valence-corrected chi connectivity index (χ3v) is 4.12. The topological polar surface area (TPSA) is 61.7 Å². The molecule has 4 nitrogen and oxygen atoms in total. The normalized spacial score (nSPS) is 11.4. The predicted molar refractivity (Wildman–Crippen MR) is 79.8 cm³/mol. The van der Waals surface area contributed by atoms with Crippen LogP contribution in [-0.2, 0) is 0 Å². The highest BCUT2D eigenvalue weighted by Gasteiger charge is 2.05. The van der Waals surface area contributed by atoms with Crippen molar-refractivity contribution in [1.82, 2.24) is 5.43 Å². The molecule has 0 fully saturated rings. The standard InChI is InChI=1S/C13H11BrN2O2S/c1-8(11-6-7-12(14)19-11)15-16-13(18)9-2-4-10(17)5-3-9/h2-7,17H,1H3,(H,16,18)/b15-8+. The largest absolute Gasteiger partial charge is 0.508 e. The minimum atomic E-state index is -0.310. The number of halogens is 1. The molecule has 0 spiro atoms. The van der Waals surface area contributed by atoms with Crippen molar-refractivity contribution < 1.29 is 9.90 Å². The molecule has 0 saturated carbocycles. The van der Waals surface area contributed by atoms with E-state index in [9.17, 15) is 4.79 Å². The van der Waals surface area contributed by atoms with Crippen LogP contribution >= 0.6 is 27.3 Å². The zero-order chi connectivity index (χ0) is 13.8. The number of nitrogens with one attached hydrogen (secondary N) is 1. The van der Waals surface area contributed by atoms with Gasteiger partial charge in [0.25, 0.3) is 5.91 Å². The summed E-state index contributed by atoms with van der Waals surface area (Å²) in [4.78, 5) is 12.8. The maximum Gasteiger partial charge on any atom is 0.271 e. The molecule has 2 aromatic rings. The maximum atomic E-state index is 11.8. The first-order valence-electron chi connectivity index (χ1n) is 5.45. The molecule has 2 N–H and O–H groups in total. The summed E-state index contributed by atoms with van der Waals surface area (Å²) >= 11 is 4.92. The number of benzene rings is 1. The minimum absolute atomic E-state index is 0.125. The lowest BCUT2D eigenvalue weighted by molar-refractivity contribution is 0.0955. The molecule has 0 unspecified atom stereocenters. The van der Waals surface area contributed by atoms with Gasteiger partial charge in [0.2, 0.25) is 0 Å². The third-order valence-electron chi connectivity index (χ3n) is 2.38. The Morgan fingerprint density at radius 3 is 2.53 bits per heavy atom. The predicted octanol–water partition coefficient (Wildman–Crippen LogP) is 3.37. The van der Waals surface area contributed by atoms with Crippen molar-refractivity contribution in [3.8, 4) is 5.75 Å². The van der Waals surface area contributed by atoms with Crippen molar-refractivity contribution in [2.24, 2.45) is 5.10 Å². The first-order valence-corrected chi connectivity index (χ1v) is 7.06. The average molecular weight is 339 g/mol. The Morgan fingerprint density at radius 2 is 1.95 bits per heavy atom. The number of carbonyl (C=O) groups is 1. The van der Waals surface area contributed by atoms with Crippen LogP contribution in [0.25, 0.3) is 0 Å². The first-order chi connectivity index (χ1) is 9.06. The molecule has 1 aromatic heterocycles. The van der Waals surface area contributed by atoms with Crippen LogP contribution in [-0.4, -0.2) is 16.7 Å². The van der Waals surface area contributed by atoms with E-state index in [0.717, 1.165) is 14.4 Å². The zero-order valence-corrected chi connectivity index (χ0v) is 12.5. The summed E-state index contributed by atoms with van der Waals surface area (Å²) in [5.41, 5.74) is 3.67. The summed E-state index contributed by atoms with van der Waals surface area (Å²) in [7, 11) is 0. The lowest BCUT2D eigenvalue weighted by Crippen LogP contribution is -2.18. The molecule has 0 aliphatic carbocycles. The van der Waals surface area contributed by atoms with Crippen LogP contribution in [0.1, 0.15) is 22.2 Å². The molecule has 0 aliphatic heterocycles. The molecule has 0 radical (unpaired) electrons. The Labute approximate surface area is 122 Å². The second kappa shape index (κ2) is 5.99. The molecule has 0 saturated heterocycles. The Balaban J connectivity index is 2.05. The number of phenols is 1. The Hall–Kier alpha value is -1.66. The van der Waals surface area contributed by atoms with Gasteiger partial charge >= 0.3 is 0 Å². The highest BCUT2D eigenvalue weighted by atomic mass is 79.9. The second-order valence-electron chi connectivity index (χ2n) is 3.79. The van der Waals surface area contributed by atoms with Crippen molar-refractivity contribution in [3.63, 3.8) is 0 Å². The van der Waals surface area contributed by atoms with Gasteiger partial charge in [0, 0.05) is 5.56 Å². The van der Waals surface area contributed by atoms with E-state index in [1.165, 1.54) is 24.3 Å². The number of carbonyl (C=O) groups excluding carboxylic acids is 1. The zero-order valence-electron chi connectivity index (χ0n) is 10.1. The van der Waals surface area contributed by atoms with Crippen LogP contribution in [0.15, 0.2) is 45.3 Å². The number of amides is 1. The molecule has 1 aromatic carbocycles. The van der Waals surface area contributed by atoms with Crippen LogP contribution in [0, 0.1) is 0 Å². The van der Waals surface area contributed by atoms with Gasteiger partial charge in [0.1, 0.15) is 5.75 Å². The number of nitrogens with zero attached hydrogens (tertiary/aromatic N) is 1. The molecule has 2 rings (SSSR count). The molecule has 1 heterocycles. The van der Waals surface area contributed by atoms with Crippen LogP contribution < -0.4 is 5.43 Å². The Morgan fingerprint density at radius 1 is 1.26 bits per heavy atom. The lowest BCUT2D eigenvalue weighted by atomic mass is 10.2. The highest BCUT2D eigenvalue weighted by Crippen LogP contribution is 2.22. The molecule has 19 heavy (non-hydrogen) atoms. The molecule has 0 bridgehead atoms. The number of hydrazone groups is 1. The SMILES string of the molecule is C/C(=N\NC(=O)c1ccc(O)cc1)c1ccc(Br)s1. The van der Waals surface area contributed by atoms with Crippen molar-refractivity contribution in [2.75, 3.05) is 0 Å². The summed E-state index contributed by atoms with van der Waals surface area (Å²) in [6.07, 6.45) is 0. The van der Waals surface area contributed by atoms with Crippen LogP contribution in [0.4, 0.5) is 0 Å². The van der Waals surface area contributed by atoms with E-state index in [1.54, 1.807) is 11.3 Å². The molecule has 6 heteroatoms. The molecule has 98 valence electrons. The fourth-order valence-corrected chi connectivity index (χ4v) is 2.71. The second-order valence-corrected chi connectivity index (χ2v) is 6.25. The van der Waals surface area contributed by atoms with Crippen LogP contribution in [0.3, 0.4) is 0 Å². The summed E-state index contributed by atoms with van der Waals surface area (Å²) in [5.74, 6) is -0.186. The van der Waals surface area contributed by atoms with Gasteiger partial charge in [-0.05, 0) is 59.3 Å². The number of aromatic hydroxyl groups is 1. The fourth-order valence-electron chi connectivity index (χ4n) is 1.38. The fraction of sp³-hybridized carbons (Fsp3) is 0.0769. The van der Waals surface area contributed by atoms with Gasteiger partial charge in [-0.1, -0.05) is 0 Å². The van der Waals surface area contributed by atoms with E-state index in [1.807, 2.05) is 19.1 Å². The van der Waals surface area contributed by atoms with E-state index in [2.05, 4.69) is 26.5 Å². The Bertz CT molecular complexity index is 620. The van der Waals surface area contributed by atoms with Gasteiger partial charge in [-0.3, -0.25) is 4.79 Å². The van der Waals surface area contributed by atoms with E-state index in [4.69, 9.17) is 5.11 Å². The molecule has 0 aliphatic rings. The maximum absolute atomic E-state index is 11.8. The van der Waals surface area contributed by atoms with Gasteiger partial charge in [-0.2, -0.15) is 5.10 Å². The van der Waals surface area contributed by atoms with Crippen molar-refractivity contribution >= 4 is 38.9 Å². The molecule has 0 atom stereocenters. The Kier molecular flexibility index (Phi) is 4.34. The van der Waals surface area contributed by atoms with Crippen molar-refractivity contribution in [3.05, 3.63) is 50.6 Å². The summed E-state index contributed by atoms with van der Waals surface area (Å²) < 4.78 is 1.02. The van der Waals surface area contributed by atoms with E-state index < -0.39 is 0 Å². The number of rotatable bonds is 3. The molecular formula is C13H11BrN2O2S. The van der Waals surface area contributed by atoms with Gasteiger partial charge < -0.3 is 5.11 Å². The summed E-state index contributed by atoms with van der Waals surface area (Å²) in [5, 5.41) is 13.2. The van der Waals surface area contributed by atoms with E-state index in [-0.39, 0.29) is 11.7 Å². The number of hydrogen-bond acceptors (Lipinski definition) is 4. The van der Waals surface area contributed by atoms with Gasteiger partial charge in [-0.25, -0.2) is 5.43 Å². The van der Waals surface area contributed by atoms with E-state index >= 15 is 0 Å². The lowest BCUT2D eigenvalue weighted by Gasteiger charge is -2.01. The number of thiophene rings is 1. The average Bonchev–Trinajstić information content (AvgIpc) is 2.83. The van der Waals surface area contributed by atoms with Gasteiger partial charge in [0.05, 0.1) is 14.4 Å². The minimum Gasteiger partial charge on any atom is -0.508 e.